The number of urea groups is 1. The summed E-state index contributed by atoms with van der Waals surface area (Å²) in [5, 5.41) is 14.4. The Morgan fingerprint density at radius 2 is 2.00 bits per heavy atom. The van der Waals surface area contributed by atoms with Gasteiger partial charge in [0, 0.05) is 6.04 Å². The van der Waals surface area contributed by atoms with Crippen molar-refractivity contribution in [1.82, 2.24) is 5.32 Å². The summed E-state index contributed by atoms with van der Waals surface area (Å²) in [6.45, 7) is 0. The highest BCUT2D eigenvalue weighted by Gasteiger charge is 2.15. The average Bonchev–Trinajstić information content (AvgIpc) is 2.91. The molecule has 0 bridgehead atoms. The van der Waals surface area contributed by atoms with E-state index in [1.54, 1.807) is 0 Å². The average molecular weight is 276 g/mol. The van der Waals surface area contributed by atoms with Crippen LogP contribution in [0.4, 0.5) is 10.5 Å². The molecule has 0 atom stereocenters. The Balaban J connectivity index is 2.08. The molecule has 6 nitrogen and oxygen atoms in total. The largest absolute Gasteiger partial charge is 0.495 e. The number of methoxy groups -OCH3 is 1. The summed E-state index contributed by atoms with van der Waals surface area (Å²) in [7, 11) is 1.46. The number of carboxylic acids is 1. The number of amides is 2. The molecule has 106 valence electrons. The number of carboxylic acid groups (broad SMARTS) is 1. The molecule has 1 aliphatic rings. The van der Waals surface area contributed by atoms with Gasteiger partial charge in [0.05, 0.1) is 18.4 Å². The van der Waals surface area contributed by atoms with Crippen LogP contribution in [-0.2, 0) is 0 Å². The van der Waals surface area contributed by atoms with Crippen LogP contribution in [0.1, 0.15) is 23.2 Å². The zero-order valence-electron chi connectivity index (χ0n) is 11.1. The second-order valence-corrected chi connectivity index (χ2v) is 4.46. The normalized spacial score (nSPS) is 14.1. The fourth-order valence-corrected chi connectivity index (χ4v) is 2.02. The van der Waals surface area contributed by atoms with Crippen LogP contribution in [0.2, 0.25) is 0 Å². The highest BCUT2D eigenvalue weighted by molar-refractivity contribution is 5.94. The van der Waals surface area contributed by atoms with Crippen molar-refractivity contribution in [3.05, 3.63) is 35.9 Å². The molecule has 0 saturated carbocycles. The number of carbonyl (C=O) groups is 2. The van der Waals surface area contributed by atoms with E-state index in [-0.39, 0.29) is 17.6 Å². The van der Waals surface area contributed by atoms with Crippen LogP contribution >= 0.6 is 0 Å². The van der Waals surface area contributed by atoms with Crippen LogP contribution in [-0.4, -0.2) is 30.3 Å². The van der Waals surface area contributed by atoms with E-state index in [4.69, 9.17) is 9.84 Å². The molecule has 0 aliphatic heterocycles. The molecule has 20 heavy (non-hydrogen) atoms. The van der Waals surface area contributed by atoms with Gasteiger partial charge in [0.2, 0.25) is 0 Å². The van der Waals surface area contributed by atoms with Gasteiger partial charge in [-0.15, -0.1) is 0 Å². The fraction of sp³-hybridized carbons (Fsp3) is 0.286. The van der Waals surface area contributed by atoms with Gasteiger partial charge in [0.25, 0.3) is 0 Å². The minimum absolute atomic E-state index is 0.0867. The van der Waals surface area contributed by atoms with Crippen LogP contribution in [0, 0.1) is 0 Å². The molecular formula is C14H16N2O4. The van der Waals surface area contributed by atoms with Gasteiger partial charge in [-0.1, -0.05) is 12.2 Å². The maximum absolute atomic E-state index is 11.9. The molecule has 0 aromatic heterocycles. The second-order valence-electron chi connectivity index (χ2n) is 4.46. The number of carbonyl (C=O) groups excluding carboxylic acids is 1. The number of aromatic carboxylic acids is 1. The van der Waals surface area contributed by atoms with Gasteiger partial charge in [0.15, 0.2) is 0 Å². The molecule has 0 radical (unpaired) electrons. The lowest BCUT2D eigenvalue weighted by Gasteiger charge is -2.15. The number of hydrogen-bond acceptors (Lipinski definition) is 3. The summed E-state index contributed by atoms with van der Waals surface area (Å²) in [5.74, 6) is -0.647. The third-order valence-electron chi connectivity index (χ3n) is 3.04. The quantitative estimate of drug-likeness (QED) is 0.736. The molecule has 2 amide bonds. The summed E-state index contributed by atoms with van der Waals surface area (Å²) in [6, 6.07) is 4.01. The summed E-state index contributed by atoms with van der Waals surface area (Å²) in [4.78, 5) is 22.8. The lowest BCUT2D eigenvalue weighted by atomic mass is 10.2. The third kappa shape index (κ3) is 3.28. The Bertz CT molecular complexity index is 546. The molecule has 1 aliphatic carbocycles. The van der Waals surface area contributed by atoms with Gasteiger partial charge in [-0.3, -0.25) is 0 Å². The topological polar surface area (TPSA) is 87.7 Å². The van der Waals surface area contributed by atoms with Gasteiger partial charge in [-0.05, 0) is 31.0 Å². The molecular weight excluding hydrogens is 260 g/mol. The van der Waals surface area contributed by atoms with E-state index in [2.05, 4.69) is 10.6 Å². The Labute approximate surface area is 116 Å². The summed E-state index contributed by atoms with van der Waals surface area (Å²) in [5.41, 5.74) is 0.416. The first-order chi connectivity index (χ1) is 9.60. The Morgan fingerprint density at radius 3 is 2.60 bits per heavy atom. The predicted molar refractivity (Wildman–Crippen MR) is 74.3 cm³/mol. The first-order valence-corrected chi connectivity index (χ1v) is 6.24. The highest BCUT2D eigenvalue weighted by Crippen LogP contribution is 2.25. The van der Waals surface area contributed by atoms with E-state index in [1.165, 1.54) is 25.3 Å². The van der Waals surface area contributed by atoms with Gasteiger partial charge >= 0.3 is 12.0 Å². The maximum Gasteiger partial charge on any atom is 0.335 e. The van der Waals surface area contributed by atoms with Crippen molar-refractivity contribution >= 4 is 17.7 Å². The van der Waals surface area contributed by atoms with Crippen molar-refractivity contribution in [1.29, 1.82) is 0 Å². The molecule has 0 unspecified atom stereocenters. The van der Waals surface area contributed by atoms with Gasteiger partial charge in [0.1, 0.15) is 5.75 Å². The molecule has 6 heteroatoms. The standard InChI is InChI=1S/C14H16N2O4/c1-20-12-7-6-9(13(17)18)8-11(12)16-14(19)15-10-4-2-3-5-10/h2-3,6-8,10H,4-5H2,1H3,(H,17,18)(H2,15,16,19). The molecule has 3 N–H and O–H groups in total. The molecule has 0 heterocycles. The molecule has 2 rings (SSSR count). The number of rotatable bonds is 4. The first kappa shape index (κ1) is 13.9. The minimum Gasteiger partial charge on any atom is -0.495 e. The first-order valence-electron chi connectivity index (χ1n) is 6.24. The minimum atomic E-state index is -1.06. The molecule has 0 fully saturated rings. The third-order valence-corrected chi connectivity index (χ3v) is 3.04. The second kappa shape index (κ2) is 6.10. The lowest BCUT2D eigenvalue weighted by Crippen LogP contribution is -2.36. The molecule has 0 spiro atoms. The summed E-state index contributed by atoms with van der Waals surface area (Å²) in [6.07, 6.45) is 5.63. The molecule has 0 saturated heterocycles. The summed E-state index contributed by atoms with van der Waals surface area (Å²) < 4.78 is 5.10. The number of anilines is 1. The van der Waals surface area contributed by atoms with Crippen molar-refractivity contribution in [3.8, 4) is 5.75 Å². The number of benzene rings is 1. The number of ether oxygens (including phenoxy) is 1. The van der Waals surface area contributed by atoms with E-state index in [1.807, 2.05) is 12.2 Å². The van der Waals surface area contributed by atoms with Crippen LogP contribution in [0.5, 0.6) is 5.75 Å². The lowest BCUT2D eigenvalue weighted by molar-refractivity contribution is 0.0697. The van der Waals surface area contributed by atoms with E-state index < -0.39 is 5.97 Å². The van der Waals surface area contributed by atoms with Gasteiger partial charge < -0.3 is 20.5 Å². The van der Waals surface area contributed by atoms with Crippen molar-refractivity contribution < 1.29 is 19.4 Å². The van der Waals surface area contributed by atoms with Crippen LogP contribution in [0.15, 0.2) is 30.4 Å². The Hall–Kier alpha value is -2.50. The Morgan fingerprint density at radius 1 is 1.30 bits per heavy atom. The van der Waals surface area contributed by atoms with Crippen molar-refractivity contribution in [2.24, 2.45) is 0 Å². The predicted octanol–water partition coefficient (Wildman–Crippen LogP) is 2.23. The Kier molecular flexibility index (Phi) is 4.24. The highest BCUT2D eigenvalue weighted by atomic mass is 16.5. The van der Waals surface area contributed by atoms with E-state index in [0.29, 0.717) is 11.4 Å². The van der Waals surface area contributed by atoms with Crippen LogP contribution in [0.3, 0.4) is 0 Å². The van der Waals surface area contributed by atoms with Crippen molar-refractivity contribution in [2.75, 3.05) is 12.4 Å². The van der Waals surface area contributed by atoms with E-state index >= 15 is 0 Å². The SMILES string of the molecule is COc1ccc(C(=O)O)cc1NC(=O)NC1CC=CC1. The van der Waals surface area contributed by atoms with E-state index in [9.17, 15) is 9.59 Å². The zero-order chi connectivity index (χ0) is 14.5. The molecule has 1 aromatic rings. The fourth-order valence-electron chi connectivity index (χ4n) is 2.02. The van der Waals surface area contributed by atoms with Crippen molar-refractivity contribution in [2.45, 2.75) is 18.9 Å². The van der Waals surface area contributed by atoms with Crippen LogP contribution in [0.25, 0.3) is 0 Å². The van der Waals surface area contributed by atoms with Gasteiger partial charge in [-0.25, -0.2) is 9.59 Å². The monoisotopic (exact) mass is 276 g/mol. The van der Waals surface area contributed by atoms with Crippen LogP contribution < -0.4 is 15.4 Å². The van der Waals surface area contributed by atoms with E-state index in [0.717, 1.165) is 12.8 Å². The molecule has 1 aromatic carbocycles. The number of hydrogen-bond donors (Lipinski definition) is 3. The smallest absolute Gasteiger partial charge is 0.335 e. The zero-order valence-corrected chi connectivity index (χ0v) is 11.1. The maximum atomic E-state index is 11.9. The summed E-state index contributed by atoms with van der Waals surface area (Å²) >= 11 is 0. The number of nitrogens with one attached hydrogen (secondary N) is 2. The van der Waals surface area contributed by atoms with Gasteiger partial charge in [-0.2, -0.15) is 0 Å². The van der Waals surface area contributed by atoms with Crippen molar-refractivity contribution in [3.63, 3.8) is 0 Å².